The number of hydrogen-bond acceptors (Lipinski definition) is 4. The molecule has 4 rings (SSSR count). The van der Waals surface area contributed by atoms with Gasteiger partial charge in [-0.15, -0.1) is 0 Å². The van der Waals surface area contributed by atoms with E-state index in [1.54, 1.807) is 0 Å². The number of aliphatic hydroxyl groups is 3. The van der Waals surface area contributed by atoms with Crippen LogP contribution in [0.25, 0.3) is 0 Å². The van der Waals surface area contributed by atoms with Crippen LogP contribution in [0, 0.1) is 46.3 Å². The summed E-state index contributed by atoms with van der Waals surface area (Å²) >= 11 is 0. The molecule has 0 unspecified atom stereocenters. The largest absolute Gasteiger partial charge is 0.481 e. The third-order valence-corrected chi connectivity index (χ3v) is 10.3. The highest BCUT2D eigenvalue weighted by Gasteiger charge is 2.64. The van der Waals surface area contributed by atoms with Crippen LogP contribution >= 0.6 is 0 Å². The Balaban J connectivity index is 1.59. The van der Waals surface area contributed by atoms with Crippen LogP contribution in [-0.2, 0) is 4.79 Å². The van der Waals surface area contributed by atoms with Crippen molar-refractivity contribution in [2.24, 2.45) is 46.3 Å². The maximum Gasteiger partial charge on any atom is 0.303 e. The van der Waals surface area contributed by atoms with E-state index in [4.69, 9.17) is 5.11 Å². The molecule has 166 valence electrons. The van der Waals surface area contributed by atoms with E-state index in [0.29, 0.717) is 41.9 Å². The summed E-state index contributed by atoms with van der Waals surface area (Å²) in [7, 11) is 0. The maximum absolute atomic E-state index is 11.5. The number of rotatable bonds is 5. The molecule has 0 spiro atoms. The SMILES string of the molecule is C[C@H](CCC(=O)O)[C@H]1CC[C@H]2[C@@H]3CC[C@@H]4C[C@H](O)CC[C@]4(CO)[C@H]3C[C@H](O)[C@]12C. The Morgan fingerprint density at radius 2 is 1.83 bits per heavy atom. The van der Waals surface area contributed by atoms with E-state index in [1.165, 1.54) is 0 Å². The second-order valence-electron chi connectivity index (χ2n) is 11.2. The average molecular weight is 409 g/mol. The molecular formula is C24H40O5. The van der Waals surface area contributed by atoms with Gasteiger partial charge >= 0.3 is 5.97 Å². The summed E-state index contributed by atoms with van der Waals surface area (Å²) in [5.74, 6) is 1.67. The van der Waals surface area contributed by atoms with Crippen molar-refractivity contribution in [3.05, 3.63) is 0 Å². The summed E-state index contributed by atoms with van der Waals surface area (Å²) in [4.78, 5) is 11.1. The van der Waals surface area contributed by atoms with Gasteiger partial charge in [-0.2, -0.15) is 0 Å². The van der Waals surface area contributed by atoms with Crippen molar-refractivity contribution >= 4 is 5.97 Å². The van der Waals surface area contributed by atoms with Gasteiger partial charge in [0.05, 0.1) is 12.2 Å². The molecule has 0 radical (unpaired) electrons. The normalized spacial score (nSPS) is 50.3. The summed E-state index contributed by atoms with van der Waals surface area (Å²) in [6, 6.07) is 0. The Bertz CT molecular complexity index is 622. The first-order chi connectivity index (χ1) is 13.7. The van der Waals surface area contributed by atoms with Gasteiger partial charge in [0.15, 0.2) is 0 Å². The van der Waals surface area contributed by atoms with Gasteiger partial charge in [-0.3, -0.25) is 4.79 Å². The van der Waals surface area contributed by atoms with E-state index in [1.807, 2.05) is 0 Å². The lowest BCUT2D eigenvalue weighted by Gasteiger charge is -2.63. The molecule has 0 aromatic rings. The van der Waals surface area contributed by atoms with E-state index in [2.05, 4.69) is 13.8 Å². The Morgan fingerprint density at radius 1 is 1.07 bits per heavy atom. The molecule has 4 saturated carbocycles. The van der Waals surface area contributed by atoms with E-state index < -0.39 is 5.97 Å². The number of aliphatic carboxylic acids is 1. The molecule has 0 heterocycles. The van der Waals surface area contributed by atoms with Gasteiger partial charge in [-0.1, -0.05) is 13.8 Å². The van der Waals surface area contributed by atoms with Gasteiger partial charge < -0.3 is 20.4 Å². The lowest BCUT2D eigenvalue weighted by molar-refractivity contribution is -0.190. The summed E-state index contributed by atoms with van der Waals surface area (Å²) in [5, 5.41) is 41.3. The molecule has 29 heavy (non-hydrogen) atoms. The number of carboxylic acids is 1. The fourth-order valence-corrected chi connectivity index (χ4v) is 8.82. The van der Waals surface area contributed by atoms with Crippen molar-refractivity contribution in [1.82, 2.24) is 0 Å². The molecule has 0 saturated heterocycles. The van der Waals surface area contributed by atoms with Gasteiger partial charge in [0.2, 0.25) is 0 Å². The highest BCUT2D eigenvalue weighted by Crippen LogP contribution is 2.68. The predicted octanol–water partition coefficient (Wildman–Crippen LogP) is 3.45. The molecule has 4 fully saturated rings. The van der Waals surface area contributed by atoms with Crippen LogP contribution in [0.2, 0.25) is 0 Å². The van der Waals surface area contributed by atoms with Crippen molar-refractivity contribution in [3.63, 3.8) is 0 Å². The van der Waals surface area contributed by atoms with Crippen LogP contribution in [0.4, 0.5) is 0 Å². The first kappa shape index (κ1) is 21.6. The van der Waals surface area contributed by atoms with Gasteiger partial charge in [0, 0.05) is 13.0 Å². The fourth-order valence-electron chi connectivity index (χ4n) is 8.82. The Kier molecular flexibility index (Phi) is 5.80. The van der Waals surface area contributed by atoms with E-state index in [0.717, 1.165) is 51.4 Å². The van der Waals surface area contributed by atoms with Crippen molar-refractivity contribution in [3.8, 4) is 0 Å². The molecule has 5 nitrogen and oxygen atoms in total. The molecule has 4 aliphatic rings. The van der Waals surface area contributed by atoms with Crippen LogP contribution in [-0.4, -0.2) is 45.2 Å². The second kappa shape index (κ2) is 7.80. The molecule has 0 aromatic carbocycles. The maximum atomic E-state index is 11.5. The van der Waals surface area contributed by atoms with Crippen molar-refractivity contribution in [1.29, 1.82) is 0 Å². The van der Waals surface area contributed by atoms with Gasteiger partial charge in [0.25, 0.3) is 0 Å². The third kappa shape index (κ3) is 3.27. The zero-order valence-electron chi connectivity index (χ0n) is 18.1. The molecule has 0 bridgehead atoms. The quantitative estimate of drug-likeness (QED) is 0.559. The Hall–Kier alpha value is -0.650. The van der Waals surface area contributed by atoms with Gasteiger partial charge in [-0.25, -0.2) is 0 Å². The van der Waals surface area contributed by atoms with Gasteiger partial charge in [-0.05, 0) is 104 Å². The average Bonchev–Trinajstić information content (AvgIpc) is 3.05. The zero-order valence-corrected chi connectivity index (χ0v) is 18.1. The van der Waals surface area contributed by atoms with Crippen LogP contribution in [0.1, 0.15) is 78.1 Å². The Labute approximate surface area is 174 Å². The standard InChI is InChI=1S/C24H40O5/c1-14(3-8-22(28)29)18-6-7-19-17-5-4-15-11-16(26)9-10-24(15,13-25)20(17)12-21(27)23(18,19)2/h14-21,25-27H,3-13H2,1-2H3,(H,28,29)/t14-,15-,16-,17+,18-,19+,20+,21+,23-,24-/m1/s1. The first-order valence-electron chi connectivity index (χ1n) is 11.9. The predicted molar refractivity (Wildman–Crippen MR) is 110 cm³/mol. The smallest absolute Gasteiger partial charge is 0.303 e. The molecule has 0 amide bonds. The number of aliphatic hydroxyl groups excluding tert-OH is 3. The lowest BCUT2D eigenvalue weighted by Crippen LogP contribution is -2.60. The third-order valence-electron chi connectivity index (χ3n) is 10.3. The highest BCUT2D eigenvalue weighted by molar-refractivity contribution is 5.66. The number of fused-ring (bicyclic) bond motifs is 5. The van der Waals surface area contributed by atoms with Crippen LogP contribution in [0.3, 0.4) is 0 Å². The minimum absolute atomic E-state index is 0.128. The van der Waals surface area contributed by atoms with Crippen LogP contribution in [0.5, 0.6) is 0 Å². The summed E-state index contributed by atoms with van der Waals surface area (Å²) in [6.45, 7) is 4.63. The van der Waals surface area contributed by atoms with Crippen LogP contribution < -0.4 is 0 Å². The second-order valence-corrected chi connectivity index (χ2v) is 11.2. The first-order valence-corrected chi connectivity index (χ1v) is 11.9. The van der Waals surface area contributed by atoms with Crippen LogP contribution in [0.15, 0.2) is 0 Å². The summed E-state index contributed by atoms with van der Waals surface area (Å²) in [6.07, 6.45) is 7.91. The van der Waals surface area contributed by atoms with E-state index in [9.17, 15) is 20.1 Å². The van der Waals surface area contributed by atoms with E-state index >= 15 is 0 Å². The molecule has 0 aliphatic heterocycles. The molecule has 5 heteroatoms. The molecule has 4 N–H and O–H groups in total. The monoisotopic (exact) mass is 408 g/mol. The minimum atomic E-state index is -0.733. The Morgan fingerprint density at radius 3 is 2.52 bits per heavy atom. The fraction of sp³-hybridized carbons (Fsp3) is 0.958. The molecule has 10 atom stereocenters. The minimum Gasteiger partial charge on any atom is -0.481 e. The van der Waals surface area contributed by atoms with Crippen molar-refractivity contribution < 1.29 is 25.2 Å². The number of hydrogen-bond donors (Lipinski definition) is 4. The zero-order chi connectivity index (χ0) is 21.0. The highest BCUT2D eigenvalue weighted by atomic mass is 16.4. The molecular weight excluding hydrogens is 368 g/mol. The van der Waals surface area contributed by atoms with Gasteiger partial charge in [0.1, 0.15) is 0 Å². The molecule has 0 aromatic heterocycles. The van der Waals surface area contributed by atoms with E-state index in [-0.39, 0.29) is 36.1 Å². The lowest BCUT2D eigenvalue weighted by atomic mass is 9.43. The van der Waals surface area contributed by atoms with Crippen molar-refractivity contribution in [2.45, 2.75) is 90.3 Å². The molecule has 4 aliphatic carbocycles. The summed E-state index contributed by atoms with van der Waals surface area (Å²) < 4.78 is 0. The number of carboxylic acid groups (broad SMARTS) is 1. The number of carbonyl (C=O) groups is 1. The topological polar surface area (TPSA) is 98.0 Å². The summed E-state index contributed by atoms with van der Waals surface area (Å²) in [5.41, 5.74) is -0.270. The van der Waals surface area contributed by atoms with Crippen molar-refractivity contribution in [2.75, 3.05) is 6.61 Å².